The van der Waals surface area contributed by atoms with Gasteiger partial charge in [-0.3, -0.25) is 4.79 Å². The highest BCUT2D eigenvalue weighted by atomic mass is 16.5. The van der Waals surface area contributed by atoms with Gasteiger partial charge in [0.05, 0.1) is 6.04 Å². The van der Waals surface area contributed by atoms with Crippen LogP contribution < -0.4 is 10.1 Å². The predicted octanol–water partition coefficient (Wildman–Crippen LogP) is 5.28. The van der Waals surface area contributed by atoms with Gasteiger partial charge in [0.2, 0.25) is 0 Å². The Kier molecular flexibility index (Phi) is 6.15. The Bertz CT molecular complexity index is 950. The molecule has 3 rings (SSSR count). The lowest BCUT2D eigenvalue weighted by Crippen LogP contribution is -2.39. The van der Waals surface area contributed by atoms with Gasteiger partial charge in [-0.2, -0.15) is 0 Å². The lowest BCUT2D eigenvalue weighted by Gasteiger charge is -2.24. The molecule has 3 nitrogen and oxygen atoms in total. The van der Waals surface area contributed by atoms with E-state index in [4.69, 9.17) is 4.74 Å². The third-order valence-corrected chi connectivity index (χ3v) is 5.15. The topological polar surface area (TPSA) is 38.3 Å². The number of rotatable bonds is 6. The zero-order valence-corrected chi connectivity index (χ0v) is 16.9. The van der Waals surface area contributed by atoms with Crippen molar-refractivity contribution >= 4 is 5.91 Å². The Hall–Kier alpha value is -3.07. The van der Waals surface area contributed by atoms with Crippen molar-refractivity contribution in [2.45, 2.75) is 39.8 Å². The Morgan fingerprint density at radius 3 is 2.18 bits per heavy atom. The SMILES string of the molecule is Cc1ccccc1C(NC(=O)C(C)Oc1cccc(C)c1C)c1ccccc1. The number of hydrogen-bond acceptors (Lipinski definition) is 2. The molecular weight excluding hydrogens is 346 g/mol. The summed E-state index contributed by atoms with van der Waals surface area (Å²) >= 11 is 0. The smallest absolute Gasteiger partial charge is 0.261 e. The standard InChI is InChI=1S/C25H27NO2/c1-17-12-10-16-23(19(17)3)28-20(4)25(27)26-24(21-13-6-5-7-14-21)22-15-9-8-11-18(22)2/h5-16,20,24H,1-4H3,(H,26,27). The van der Waals surface area contributed by atoms with Gasteiger partial charge in [0.15, 0.2) is 6.10 Å². The first-order valence-corrected chi connectivity index (χ1v) is 9.61. The largest absolute Gasteiger partial charge is 0.481 e. The van der Waals surface area contributed by atoms with Crippen LogP contribution in [0.2, 0.25) is 0 Å². The predicted molar refractivity (Wildman–Crippen MR) is 114 cm³/mol. The summed E-state index contributed by atoms with van der Waals surface area (Å²) < 4.78 is 5.98. The summed E-state index contributed by atoms with van der Waals surface area (Å²) in [5.74, 6) is 0.604. The molecule has 2 atom stereocenters. The van der Waals surface area contributed by atoms with E-state index < -0.39 is 6.10 Å². The van der Waals surface area contributed by atoms with Crippen molar-refractivity contribution in [3.8, 4) is 5.75 Å². The third-order valence-electron chi connectivity index (χ3n) is 5.15. The first kappa shape index (κ1) is 19.7. The molecule has 0 aliphatic heterocycles. The van der Waals surface area contributed by atoms with Gasteiger partial charge in [0, 0.05) is 0 Å². The van der Waals surface area contributed by atoms with Crippen LogP contribution in [-0.2, 0) is 4.79 Å². The van der Waals surface area contributed by atoms with E-state index in [2.05, 4.69) is 24.4 Å². The van der Waals surface area contributed by atoms with E-state index in [1.54, 1.807) is 6.92 Å². The number of amides is 1. The van der Waals surface area contributed by atoms with E-state index >= 15 is 0 Å². The van der Waals surface area contributed by atoms with E-state index in [1.165, 1.54) is 0 Å². The molecule has 0 heterocycles. The highest BCUT2D eigenvalue weighted by molar-refractivity contribution is 5.81. The first-order valence-electron chi connectivity index (χ1n) is 9.61. The van der Waals surface area contributed by atoms with Crippen LogP contribution in [0.25, 0.3) is 0 Å². The monoisotopic (exact) mass is 373 g/mol. The molecule has 0 fully saturated rings. The van der Waals surface area contributed by atoms with Gasteiger partial charge >= 0.3 is 0 Å². The van der Waals surface area contributed by atoms with Gasteiger partial charge in [0.25, 0.3) is 5.91 Å². The Morgan fingerprint density at radius 2 is 1.46 bits per heavy atom. The van der Waals surface area contributed by atoms with Gasteiger partial charge in [-0.1, -0.05) is 66.7 Å². The second-order valence-corrected chi connectivity index (χ2v) is 7.17. The number of benzene rings is 3. The van der Waals surface area contributed by atoms with Crippen LogP contribution >= 0.6 is 0 Å². The molecule has 0 bridgehead atoms. The highest BCUT2D eigenvalue weighted by Gasteiger charge is 2.23. The average molecular weight is 373 g/mol. The van der Waals surface area contributed by atoms with Crippen molar-refractivity contribution < 1.29 is 9.53 Å². The molecule has 0 saturated heterocycles. The van der Waals surface area contributed by atoms with E-state index in [0.29, 0.717) is 0 Å². The van der Waals surface area contributed by atoms with E-state index in [0.717, 1.165) is 33.6 Å². The Balaban J connectivity index is 1.83. The van der Waals surface area contributed by atoms with Crippen LogP contribution in [0.5, 0.6) is 5.75 Å². The van der Waals surface area contributed by atoms with Crippen LogP contribution in [0, 0.1) is 20.8 Å². The van der Waals surface area contributed by atoms with Crippen LogP contribution in [0.3, 0.4) is 0 Å². The zero-order chi connectivity index (χ0) is 20.1. The van der Waals surface area contributed by atoms with E-state index in [1.807, 2.05) is 74.5 Å². The summed E-state index contributed by atoms with van der Waals surface area (Å²) in [6, 6.07) is 23.8. The molecule has 0 aliphatic carbocycles. The van der Waals surface area contributed by atoms with E-state index in [9.17, 15) is 4.79 Å². The molecule has 28 heavy (non-hydrogen) atoms. The van der Waals surface area contributed by atoms with Gasteiger partial charge in [-0.15, -0.1) is 0 Å². The maximum Gasteiger partial charge on any atom is 0.261 e. The summed E-state index contributed by atoms with van der Waals surface area (Å²) in [5, 5.41) is 3.18. The molecule has 0 saturated carbocycles. The first-order chi connectivity index (χ1) is 13.5. The normalized spacial score (nSPS) is 12.9. The number of ether oxygens (including phenoxy) is 1. The molecule has 0 radical (unpaired) electrons. The molecule has 1 amide bonds. The summed E-state index contributed by atoms with van der Waals surface area (Å²) in [6.45, 7) is 7.90. The average Bonchev–Trinajstić information content (AvgIpc) is 2.70. The number of carbonyl (C=O) groups excluding carboxylic acids is 1. The van der Waals surface area contributed by atoms with Gasteiger partial charge in [-0.25, -0.2) is 0 Å². The second kappa shape index (κ2) is 8.75. The van der Waals surface area contributed by atoms with Gasteiger partial charge in [-0.05, 0) is 61.6 Å². The second-order valence-electron chi connectivity index (χ2n) is 7.17. The highest BCUT2D eigenvalue weighted by Crippen LogP contribution is 2.26. The molecule has 3 aromatic carbocycles. The fraction of sp³-hybridized carbons (Fsp3) is 0.240. The summed E-state index contributed by atoms with van der Waals surface area (Å²) in [7, 11) is 0. The quantitative estimate of drug-likeness (QED) is 0.638. The number of carbonyl (C=O) groups is 1. The maximum atomic E-state index is 13.0. The van der Waals surface area contributed by atoms with E-state index in [-0.39, 0.29) is 11.9 Å². The lowest BCUT2D eigenvalue weighted by molar-refractivity contribution is -0.127. The van der Waals surface area contributed by atoms with Crippen molar-refractivity contribution in [2.75, 3.05) is 0 Å². The van der Waals surface area contributed by atoms with Crippen molar-refractivity contribution in [3.05, 3.63) is 101 Å². The summed E-state index contributed by atoms with van der Waals surface area (Å²) in [4.78, 5) is 13.0. The lowest BCUT2D eigenvalue weighted by atomic mass is 9.95. The van der Waals surface area contributed by atoms with Crippen molar-refractivity contribution in [1.29, 1.82) is 0 Å². The molecule has 2 unspecified atom stereocenters. The van der Waals surface area contributed by atoms with Crippen LogP contribution in [0.1, 0.15) is 40.8 Å². The molecule has 144 valence electrons. The minimum Gasteiger partial charge on any atom is -0.481 e. The Morgan fingerprint density at radius 1 is 0.821 bits per heavy atom. The third kappa shape index (κ3) is 4.42. The number of aryl methyl sites for hydroxylation is 2. The van der Waals surface area contributed by atoms with Crippen LogP contribution in [0.4, 0.5) is 0 Å². The molecule has 1 N–H and O–H groups in total. The van der Waals surface area contributed by atoms with Crippen LogP contribution in [0.15, 0.2) is 72.8 Å². The molecule has 0 spiro atoms. The molecule has 0 aromatic heterocycles. The summed E-state index contributed by atoms with van der Waals surface area (Å²) in [6.07, 6.45) is -0.601. The number of nitrogens with one attached hydrogen (secondary N) is 1. The zero-order valence-electron chi connectivity index (χ0n) is 16.9. The fourth-order valence-electron chi connectivity index (χ4n) is 3.25. The van der Waals surface area contributed by atoms with Gasteiger partial charge < -0.3 is 10.1 Å². The van der Waals surface area contributed by atoms with Crippen molar-refractivity contribution in [3.63, 3.8) is 0 Å². The maximum absolute atomic E-state index is 13.0. The Labute approximate surface area is 167 Å². The minimum atomic E-state index is -0.601. The van der Waals surface area contributed by atoms with Crippen molar-refractivity contribution in [1.82, 2.24) is 5.32 Å². The summed E-state index contributed by atoms with van der Waals surface area (Å²) in [5.41, 5.74) is 5.47. The molecular formula is C25H27NO2. The molecule has 3 heteroatoms. The molecule has 3 aromatic rings. The van der Waals surface area contributed by atoms with Gasteiger partial charge in [0.1, 0.15) is 5.75 Å². The molecule has 0 aliphatic rings. The van der Waals surface area contributed by atoms with Crippen LogP contribution in [-0.4, -0.2) is 12.0 Å². The van der Waals surface area contributed by atoms with Crippen molar-refractivity contribution in [2.24, 2.45) is 0 Å². The minimum absolute atomic E-state index is 0.141. The fourth-order valence-corrected chi connectivity index (χ4v) is 3.25. The number of hydrogen-bond donors (Lipinski definition) is 1.